The predicted octanol–water partition coefficient (Wildman–Crippen LogP) is 4.27. The second-order valence-electron chi connectivity index (χ2n) is 5.69. The van der Waals surface area contributed by atoms with Crippen LogP contribution in [0.5, 0.6) is 0 Å². The lowest BCUT2D eigenvalue weighted by Gasteiger charge is -2.20. The highest BCUT2D eigenvalue weighted by Crippen LogP contribution is 2.37. The Labute approximate surface area is 147 Å². The zero-order chi connectivity index (χ0) is 17.0. The van der Waals surface area contributed by atoms with Gasteiger partial charge in [-0.05, 0) is 35.9 Å². The van der Waals surface area contributed by atoms with Crippen molar-refractivity contribution in [3.8, 4) is 0 Å². The third kappa shape index (κ3) is 2.14. The van der Waals surface area contributed by atoms with Crippen molar-refractivity contribution in [1.29, 1.82) is 0 Å². The second-order valence-corrected chi connectivity index (χ2v) is 6.56. The molecule has 0 aliphatic carbocycles. The number of fused-ring (bicyclic) bond motifs is 2. The highest BCUT2D eigenvalue weighted by atomic mass is 35.5. The first kappa shape index (κ1) is 15.2. The molecule has 120 valence electrons. The Morgan fingerprint density at radius 1 is 1.04 bits per heavy atom. The minimum atomic E-state index is -0.536. The molecular formula is C18H11Cl2NO3. The third-order valence-electron chi connectivity index (χ3n) is 4.23. The fourth-order valence-corrected chi connectivity index (χ4v) is 3.50. The van der Waals surface area contributed by atoms with Gasteiger partial charge in [-0.3, -0.25) is 9.59 Å². The summed E-state index contributed by atoms with van der Waals surface area (Å²) in [4.78, 5) is 27.1. The predicted molar refractivity (Wildman–Crippen MR) is 92.9 cm³/mol. The van der Waals surface area contributed by atoms with Gasteiger partial charge >= 0.3 is 0 Å². The van der Waals surface area contributed by atoms with Crippen molar-refractivity contribution in [1.82, 2.24) is 4.90 Å². The molecule has 1 amide bonds. The van der Waals surface area contributed by atoms with E-state index in [9.17, 15) is 9.59 Å². The lowest BCUT2D eigenvalue weighted by Crippen LogP contribution is -2.25. The molecule has 1 aromatic heterocycles. The average molecular weight is 360 g/mol. The van der Waals surface area contributed by atoms with Crippen LogP contribution >= 0.6 is 23.2 Å². The van der Waals surface area contributed by atoms with Gasteiger partial charge in [0, 0.05) is 17.1 Å². The lowest BCUT2D eigenvalue weighted by molar-refractivity contribution is 0.0771. The zero-order valence-electron chi connectivity index (χ0n) is 12.5. The molecule has 24 heavy (non-hydrogen) atoms. The molecule has 3 aromatic rings. The number of hydrogen-bond donors (Lipinski definition) is 0. The molecule has 0 bridgehead atoms. The van der Waals surface area contributed by atoms with Crippen LogP contribution in [0.25, 0.3) is 11.0 Å². The normalized spacial score (nSPS) is 16.7. The van der Waals surface area contributed by atoms with Crippen LogP contribution in [-0.4, -0.2) is 17.9 Å². The molecule has 1 aliphatic rings. The van der Waals surface area contributed by atoms with E-state index in [0.29, 0.717) is 26.6 Å². The molecule has 0 N–H and O–H groups in total. The molecule has 2 aromatic carbocycles. The van der Waals surface area contributed by atoms with E-state index in [-0.39, 0.29) is 17.1 Å². The Balaban J connectivity index is 2.05. The van der Waals surface area contributed by atoms with Gasteiger partial charge in [0.25, 0.3) is 5.91 Å². The van der Waals surface area contributed by atoms with Crippen molar-refractivity contribution in [3.63, 3.8) is 0 Å². The number of carbonyl (C=O) groups excluding carboxylic acids is 1. The molecule has 2 heterocycles. The van der Waals surface area contributed by atoms with Gasteiger partial charge in [0.2, 0.25) is 5.76 Å². The highest BCUT2D eigenvalue weighted by Gasteiger charge is 2.40. The van der Waals surface area contributed by atoms with Crippen LogP contribution in [-0.2, 0) is 0 Å². The van der Waals surface area contributed by atoms with Gasteiger partial charge in [0.15, 0.2) is 5.43 Å². The Bertz CT molecular complexity index is 1060. The molecule has 4 rings (SSSR count). The molecule has 4 nitrogen and oxygen atoms in total. The maximum Gasteiger partial charge on any atom is 0.290 e. The number of amides is 1. The SMILES string of the molecule is CN1C(=O)c2oc3ccc(Cl)cc3c(=O)c2C1c1cccc(Cl)c1. The van der Waals surface area contributed by atoms with Gasteiger partial charge in [-0.2, -0.15) is 0 Å². The van der Waals surface area contributed by atoms with E-state index in [4.69, 9.17) is 27.6 Å². The molecule has 1 atom stereocenters. The molecular weight excluding hydrogens is 349 g/mol. The summed E-state index contributed by atoms with van der Waals surface area (Å²) in [6, 6.07) is 11.3. The second kappa shape index (κ2) is 5.36. The number of halogens is 2. The van der Waals surface area contributed by atoms with Crippen molar-refractivity contribution in [2.45, 2.75) is 6.04 Å². The third-order valence-corrected chi connectivity index (χ3v) is 4.70. The van der Waals surface area contributed by atoms with Crippen LogP contribution in [0.4, 0.5) is 0 Å². The maximum atomic E-state index is 13.0. The Kier molecular flexibility index (Phi) is 3.41. The van der Waals surface area contributed by atoms with Gasteiger partial charge < -0.3 is 9.32 Å². The molecule has 0 saturated carbocycles. The summed E-state index contributed by atoms with van der Waals surface area (Å²) in [7, 11) is 1.64. The number of nitrogens with zero attached hydrogens (tertiary/aromatic N) is 1. The number of hydrogen-bond acceptors (Lipinski definition) is 3. The smallest absolute Gasteiger partial charge is 0.290 e. The first-order valence-corrected chi connectivity index (χ1v) is 8.02. The van der Waals surface area contributed by atoms with Crippen molar-refractivity contribution >= 4 is 40.1 Å². The van der Waals surface area contributed by atoms with E-state index < -0.39 is 6.04 Å². The largest absolute Gasteiger partial charge is 0.450 e. The Hall–Kier alpha value is -2.30. The summed E-state index contributed by atoms with van der Waals surface area (Å²) in [6.45, 7) is 0. The van der Waals surface area contributed by atoms with Crippen LogP contribution in [0, 0.1) is 0 Å². The van der Waals surface area contributed by atoms with Crippen LogP contribution in [0.1, 0.15) is 27.7 Å². The van der Waals surface area contributed by atoms with Crippen LogP contribution in [0.2, 0.25) is 10.0 Å². The molecule has 0 spiro atoms. The molecule has 0 fully saturated rings. The van der Waals surface area contributed by atoms with Crippen molar-refractivity contribution in [2.75, 3.05) is 7.05 Å². The van der Waals surface area contributed by atoms with Gasteiger partial charge in [-0.15, -0.1) is 0 Å². The lowest BCUT2D eigenvalue weighted by atomic mass is 9.99. The fraction of sp³-hybridized carbons (Fsp3) is 0.111. The van der Waals surface area contributed by atoms with Gasteiger partial charge in [0.1, 0.15) is 5.58 Å². The van der Waals surface area contributed by atoms with E-state index in [0.717, 1.165) is 5.56 Å². The van der Waals surface area contributed by atoms with Crippen molar-refractivity contribution in [3.05, 3.63) is 79.6 Å². The van der Waals surface area contributed by atoms with Gasteiger partial charge in [-0.25, -0.2) is 0 Å². The van der Waals surface area contributed by atoms with E-state index in [1.165, 1.54) is 4.90 Å². The van der Waals surface area contributed by atoms with Crippen LogP contribution < -0.4 is 5.43 Å². The summed E-state index contributed by atoms with van der Waals surface area (Å²) < 4.78 is 5.72. The van der Waals surface area contributed by atoms with Gasteiger partial charge in [-0.1, -0.05) is 35.3 Å². The van der Waals surface area contributed by atoms with E-state index in [1.54, 1.807) is 43.4 Å². The van der Waals surface area contributed by atoms with Gasteiger partial charge in [0.05, 0.1) is 17.0 Å². The summed E-state index contributed by atoms with van der Waals surface area (Å²) >= 11 is 12.1. The van der Waals surface area contributed by atoms with E-state index in [2.05, 4.69) is 0 Å². The summed E-state index contributed by atoms with van der Waals surface area (Å²) in [5, 5.41) is 1.33. The summed E-state index contributed by atoms with van der Waals surface area (Å²) in [6.07, 6.45) is 0. The topological polar surface area (TPSA) is 50.5 Å². The number of benzene rings is 2. The molecule has 6 heteroatoms. The van der Waals surface area contributed by atoms with Crippen molar-refractivity contribution < 1.29 is 9.21 Å². The highest BCUT2D eigenvalue weighted by molar-refractivity contribution is 6.31. The molecule has 0 radical (unpaired) electrons. The number of carbonyl (C=O) groups is 1. The molecule has 1 aliphatic heterocycles. The summed E-state index contributed by atoms with van der Waals surface area (Å²) in [5.74, 6) is -0.258. The zero-order valence-corrected chi connectivity index (χ0v) is 14.1. The fourth-order valence-electron chi connectivity index (χ4n) is 3.13. The standard InChI is InChI=1S/C18H11Cl2NO3/c1-21-15(9-3-2-4-10(19)7-9)14-16(22)12-8-11(20)5-6-13(12)24-17(14)18(21)23/h2-8,15H,1H3. The van der Waals surface area contributed by atoms with Crippen LogP contribution in [0.15, 0.2) is 51.7 Å². The first-order valence-electron chi connectivity index (χ1n) is 7.26. The van der Waals surface area contributed by atoms with Crippen molar-refractivity contribution in [2.24, 2.45) is 0 Å². The monoisotopic (exact) mass is 359 g/mol. The Morgan fingerprint density at radius 3 is 2.54 bits per heavy atom. The first-order chi connectivity index (χ1) is 11.5. The minimum Gasteiger partial charge on any atom is -0.450 e. The average Bonchev–Trinajstić information content (AvgIpc) is 2.81. The Morgan fingerprint density at radius 2 is 1.79 bits per heavy atom. The van der Waals surface area contributed by atoms with E-state index in [1.807, 2.05) is 6.07 Å². The molecule has 1 unspecified atom stereocenters. The number of rotatable bonds is 1. The minimum absolute atomic E-state index is 0.0716. The van der Waals surface area contributed by atoms with Crippen LogP contribution in [0.3, 0.4) is 0 Å². The van der Waals surface area contributed by atoms with E-state index >= 15 is 0 Å². The maximum absolute atomic E-state index is 13.0. The summed E-state index contributed by atoms with van der Waals surface area (Å²) in [5.41, 5.74) is 1.17. The quantitative estimate of drug-likeness (QED) is 0.651. The molecule has 0 saturated heterocycles.